The summed E-state index contributed by atoms with van der Waals surface area (Å²) in [6, 6.07) is 9.64. The summed E-state index contributed by atoms with van der Waals surface area (Å²) in [6.45, 7) is 5.91. The van der Waals surface area contributed by atoms with Crippen molar-refractivity contribution in [2.24, 2.45) is 5.41 Å². The first-order valence-electron chi connectivity index (χ1n) is 7.45. The first-order valence-corrected chi connectivity index (χ1v) is 7.45. The molecular weight excluding hydrogens is 218 g/mol. The van der Waals surface area contributed by atoms with Gasteiger partial charge in [-0.15, -0.1) is 0 Å². The van der Waals surface area contributed by atoms with E-state index in [1.807, 2.05) is 0 Å². The van der Waals surface area contributed by atoms with Crippen molar-refractivity contribution in [3.05, 3.63) is 35.4 Å². The molecule has 1 aromatic carbocycles. The lowest BCUT2D eigenvalue weighted by Gasteiger charge is -2.43. The molecular formula is C17H25N. The van der Waals surface area contributed by atoms with Crippen LogP contribution in [-0.4, -0.2) is 12.6 Å². The quantitative estimate of drug-likeness (QED) is 0.842. The van der Waals surface area contributed by atoms with Crippen LogP contribution in [0.25, 0.3) is 0 Å². The fraction of sp³-hybridized carbons (Fsp3) is 0.647. The molecule has 0 aliphatic heterocycles. The van der Waals surface area contributed by atoms with E-state index in [1.165, 1.54) is 44.2 Å². The molecule has 0 heterocycles. The predicted octanol–water partition coefficient (Wildman–Crippen LogP) is 4.02. The van der Waals surface area contributed by atoms with Gasteiger partial charge in [-0.3, -0.25) is 0 Å². The van der Waals surface area contributed by atoms with Gasteiger partial charge in [0.2, 0.25) is 0 Å². The molecule has 0 saturated heterocycles. The van der Waals surface area contributed by atoms with Crippen molar-refractivity contribution in [2.75, 3.05) is 6.54 Å². The molecule has 2 saturated carbocycles. The van der Waals surface area contributed by atoms with Crippen LogP contribution < -0.4 is 5.32 Å². The second kappa shape index (κ2) is 4.70. The highest BCUT2D eigenvalue weighted by atomic mass is 14.9. The fourth-order valence-electron chi connectivity index (χ4n) is 3.43. The summed E-state index contributed by atoms with van der Waals surface area (Å²) in [4.78, 5) is 0. The summed E-state index contributed by atoms with van der Waals surface area (Å²) in [5.74, 6) is 0.804. The molecule has 1 aromatic rings. The van der Waals surface area contributed by atoms with Gasteiger partial charge in [-0.25, -0.2) is 0 Å². The Bertz CT molecular complexity index is 413. The second-order valence-corrected chi connectivity index (χ2v) is 6.77. The van der Waals surface area contributed by atoms with Crippen LogP contribution in [-0.2, 0) is 0 Å². The van der Waals surface area contributed by atoms with E-state index >= 15 is 0 Å². The van der Waals surface area contributed by atoms with Gasteiger partial charge in [-0.05, 0) is 55.1 Å². The van der Waals surface area contributed by atoms with Crippen molar-refractivity contribution in [3.8, 4) is 0 Å². The maximum absolute atomic E-state index is 3.78. The summed E-state index contributed by atoms with van der Waals surface area (Å²) in [5.41, 5.74) is 3.66. The van der Waals surface area contributed by atoms with Crippen LogP contribution in [0, 0.1) is 12.3 Å². The van der Waals surface area contributed by atoms with E-state index in [1.54, 1.807) is 5.56 Å². The number of hydrogen-bond donors (Lipinski definition) is 1. The van der Waals surface area contributed by atoms with E-state index in [4.69, 9.17) is 0 Å². The van der Waals surface area contributed by atoms with Crippen LogP contribution in [0.1, 0.15) is 56.1 Å². The molecule has 0 amide bonds. The third-order valence-electron chi connectivity index (χ3n) is 5.14. The average molecular weight is 243 g/mol. The van der Waals surface area contributed by atoms with Crippen molar-refractivity contribution in [1.82, 2.24) is 5.32 Å². The molecule has 2 aliphatic rings. The number of aryl methyl sites for hydroxylation is 1. The lowest BCUT2D eigenvalue weighted by molar-refractivity contribution is 0.137. The number of benzene rings is 1. The molecule has 3 rings (SSSR count). The third kappa shape index (κ3) is 2.33. The lowest BCUT2D eigenvalue weighted by atomic mass is 9.69. The number of nitrogens with one attached hydrogen (secondary N) is 1. The summed E-state index contributed by atoms with van der Waals surface area (Å²) in [5, 5.41) is 3.78. The highest BCUT2D eigenvalue weighted by Gasteiger charge is 2.35. The van der Waals surface area contributed by atoms with Crippen LogP contribution in [0.2, 0.25) is 0 Å². The molecule has 0 spiro atoms. The van der Waals surface area contributed by atoms with Gasteiger partial charge in [-0.1, -0.05) is 37.6 Å². The second-order valence-electron chi connectivity index (χ2n) is 6.77. The van der Waals surface area contributed by atoms with Crippen LogP contribution in [0.15, 0.2) is 24.3 Å². The molecule has 18 heavy (non-hydrogen) atoms. The molecule has 0 radical (unpaired) electrons. The van der Waals surface area contributed by atoms with Gasteiger partial charge in [-0.2, -0.15) is 0 Å². The highest BCUT2D eigenvalue weighted by molar-refractivity contribution is 5.31. The Morgan fingerprint density at radius 1 is 1.22 bits per heavy atom. The maximum atomic E-state index is 3.78. The highest BCUT2D eigenvalue weighted by Crippen LogP contribution is 2.42. The Balaban J connectivity index is 1.47. The Morgan fingerprint density at radius 2 is 1.94 bits per heavy atom. The SMILES string of the molecule is Cc1ccccc1C1CC(NCC2(C)CCC2)C1. The van der Waals surface area contributed by atoms with E-state index in [0.717, 1.165) is 12.0 Å². The standard InChI is InChI=1S/C17H25N/c1-13-6-3-4-7-16(13)14-10-15(11-14)18-12-17(2)8-5-9-17/h3-4,6-7,14-15,18H,5,8-12H2,1-2H3. The predicted molar refractivity (Wildman–Crippen MR) is 76.9 cm³/mol. The molecule has 0 atom stereocenters. The molecule has 2 aliphatic carbocycles. The zero-order valence-electron chi connectivity index (χ0n) is 11.7. The van der Waals surface area contributed by atoms with E-state index in [2.05, 4.69) is 43.4 Å². The van der Waals surface area contributed by atoms with Gasteiger partial charge in [0.05, 0.1) is 0 Å². The summed E-state index contributed by atoms with van der Waals surface area (Å²) in [6.07, 6.45) is 6.96. The van der Waals surface area contributed by atoms with Crippen molar-refractivity contribution in [2.45, 2.75) is 57.9 Å². The van der Waals surface area contributed by atoms with Gasteiger partial charge in [0.1, 0.15) is 0 Å². The zero-order chi connectivity index (χ0) is 12.6. The van der Waals surface area contributed by atoms with Crippen molar-refractivity contribution in [1.29, 1.82) is 0 Å². The molecule has 98 valence electrons. The van der Waals surface area contributed by atoms with E-state index < -0.39 is 0 Å². The Hall–Kier alpha value is -0.820. The minimum Gasteiger partial charge on any atom is -0.313 e. The summed E-state index contributed by atoms with van der Waals surface area (Å²) >= 11 is 0. The molecule has 1 nitrogen and oxygen atoms in total. The maximum Gasteiger partial charge on any atom is 0.00789 e. The Kier molecular flexibility index (Phi) is 3.19. The van der Waals surface area contributed by atoms with Gasteiger partial charge in [0.15, 0.2) is 0 Å². The Labute approximate surface area is 111 Å². The van der Waals surface area contributed by atoms with Gasteiger partial charge in [0.25, 0.3) is 0 Å². The van der Waals surface area contributed by atoms with Crippen LogP contribution in [0.3, 0.4) is 0 Å². The molecule has 2 fully saturated rings. The molecule has 0 bridgehead atoms. The fourth-order valence-corrected chi connectivity index (χ4v) is 3.43. The molecule has 1 heteroatoms. The minimum atomic E-state index is 0.619. The molecule has 0 aromatic heterocycles. The van der Waals surface area contributed by atoms with Gasteiger partial charge in [0, 0.05) is 12.6 Å². The van der Waals surface area contributed by atoms with Crippen molar-refractivity contribution >= 4 is 0 Å². The lowest BCUT2D eigenvalue weighted by Crippen LogP contribution is -2.46. The van der Waals surface area contributed by atoms with Gasteiger partial charge < -0.3 is 5.32 Å². The number of rotatable bonds is 4. The van der Waals surface area contributed by atoms with Crippen LogP contribution in [0.4, 0.5) is 0 Å². The van der Waals surface area contributed by atoms with E-state index in [0.29, 0.717) is 5.41 Å². The molecule has 1 N–H and O–H groups in total. The summed E-state index contributed by atoms with van der Waals surface area (Å²) in [7, 11) is 0. The number of hydrogen-bond acceptors (Lipinski definition) is 1. The monoisotopic (exact) mass is 243 g/mol. The smallest absolute Gasteiger partial charge is 0.00789 e. The molecule has 0 unspecified atom stereocenters. The normalized spacial score (nSPS) is 29.4. The van der Waals surface area contributed by atoms with Crippen LogP contribution in [0.5, 0.6) is 0 Å². The topological polar surface area (TPSA) is 12.0 Å². The van der Waals surface area contributed by atoms with Crippen molar-refractivity contribution < 1.29 is 0 Å². The zero-order valence-corrected chi connectivity index (χ0v) is 11.7. The average Bonchev–Trinajstić information content (AvgIpc) is 2.27. The third-order valence-corrected chi connectivity index (χ3v) is 5.14. The van der Waals surface area contributed by atoms with Gasteiger partial charge >= 0.3 is 0 Å². The van der Waals surface area contributed by atoms with Crippen molar-refractivity contribution in [3.63, 3.8) is 0 Å². The Morgan fingerprint density at radius 3 is 2.56 bits per heavy atom. The summed E-state index contributed by atoms with van der Waals surface area (Å²) < 4.78 is 0. The largest absolute Gasteiger partial charge is 0.313 e. The first-order chi connectivity index (χ1) is 8.66. The van der Waals surface area contributed by atoms with E-state index in [-0.39, 0.29) is 0 Å². The van der Waals surface area contributed by atoms with E-state index in [9.17, 15) is 0 Å². The minimum absolute atomic E-state index is 0.619. The van der Waals surface area contributed by atoms with Crippen LogP contribution >= 0.6 is 0 Å². The first kappa shape index (κ1) is 12.2.